The van der Waals surface area contributed by atoms with Crippen molar-refractivity contribution in [1.82, 2.24) is 5.32 Å². The molecule has 1 aromatic rings. The minimum atomic E-state index is -0.234. The van der Waals surface area contributed by atoms with Gasteiger partial charge < -0.3 is 10.1 Å². The van der Waals surface area contributed by atoms with E-state index in [1.54, 1.807) is 6.07 Å². The van der Waals surface area contributed by atoms with Crippen LogP contribution in [-0.2, 0) is 0 Å². The van der Waals surface area contributed by atoms with E-state index in [9.17, 15) is 4.39 Å². The molecule has 0 bridgehead atoms. The average molecular weight is 237 g/mol. The maximum Gasteiger partial charge on any atom is 0.126 e. The van der Waals surface area contributed by atoms with Gasteiger partial charge in [0.2, 0.25) is 0 Å². The topological polar surface area (TPSA) is 21.3 Å². The molecule has 1 aromatic carbocycles. The Kier molecular flexibility index (Phi) is 4.00. The first kappa shape index (κ1) is 12.4. The Morgan fingerprint density at radius 2 is 2.06 bits per heavy atom. The van der Waals surface area contributed by atoms with Crippen molar-refractivity contribution in [3.63, 3.8) is 0 Å². The molecule has 1 aliphatic rings. The second kappa shape index (κ2) is 5.50. The van der Waals surface area contributed by atoms with E-state index in [4.69, 9.17) is 4.74 Å². The van der Waals surface area contributed by atoms with Crippen LogP contribution in [0.1, 0.15) is 31.2 Å². The Morgan fingerprint density at radius 1 is 1.29 bits per heavy atom. The fraction of sp³-hybridized carbons (Fsp3) is 0.571. The molecular formula is C14H20FNO. The highest BCUT2D eigenvalue weighted by Crippen LogP contribution is 2.26. The maximum absolute atomic E-state index is 13.2. The maximum atomic E-state index is 13.2. The molecule has 1 aliphatic carbocycles. The average Bonchev–Trinajstić information content (AvgIpc) is 2.34. The van der Waals surface area contributed by atoms with E-state index in [1.807, 2.05) is 14.0 Å². The number of hydrogen-bond acceptors (Lipinski definition) is 2. The molecule has 0 radical (unpaired) electrons. The molecule has 0 unspecified atom stereocenters. The van der Waals surface area contributed by atoms with Crippen LogP contribution in [0.4, 0.5) is 4.39 Å². The highest BCUT2D eigenvalue weighted by molar-refractivity contribution is 5.33. The van der Waals surface area contributed by atoms with E-state index in [2.05, 4.69) is 5.32 Å². The number of ether oxygens (including phenoxy) is 1. The fourth-order valence-corrected chi connectivity index (χ4v) is 2.43. The van der Waals surface area contributed by atoms with Crippen LogP contribution in [-0.4, -0.2) is 19.2 Å². The van der Waals surface area contributed by atoms with E-state index < -0.39 is 0 Å². The number of benzene rings is 1. The van der Waals surface area contributed by atoms with Gasteiger partial charge in [0.1, 0.15) is 17.7 Å². The summed E-state index contributed by atoms with van der Waals surface area (Å²) in [6.45, 7) is 1.95. The van der Waals surface area contributed by atoms with Crippen LogP contribution >= 0.6 is 0 Å². The molecule has 0 spiro atoms. The number of aryl methyl sites for hydroxylation is 1. The quantitative estimate of drug-likeness (QED) is 0.872. The summed E-state index contributed by atoms with van der Waals surface area (Å²) in [5.41, 5.74) is 0.992. The molecular weight excluding hydrogens is 217 g/mol. The Morgan fingerprint density at radius 3 is 2.82 bits per heavy atom. The molecule has 0 amide bonds. The Balaban J connectivity index is 2.10. The molecule has 0 aliphatic heterocycles. The van der Waals surface area contributed by atoms with Crippen LogP contribution in [0.15, 0.2) is 18.2 Å². The van der Waals surface area contributed by atoms with Gasteiger partial charge in [-0.15, -0.1) is 0 Å². The van der Waals surface area contributed by atoms with Gasteiger partial charge in [0, 0.05) is 12.1 Å². The molecule has 0 aromatic heterocycles. The molecule has 2 rings (SSSR count). The zero-order valence-corrected chi connectivity index (χ0v) is 10.5. The van der Waals surface area contributed by atoms with Crippen LogP contribution in [0.3, 0.4) is 0 Å². The van der Waals surface area contributed by atoms with Crippen LogP contribution in [0, 0.1) is 12.7 Å². The summed E-state index contributed by atoms with van der Waals surface area (Å²) in [6.07, 6.45) is 4.77. The van der Waals surface area contributed by atoms with Crippen molar-refractivity contribution in [2.24, 2.45) is 0 Å². The lowest BCUT2D eigenvalue weighted by molar-refractivity contribution is 0.117. The molecule has 2 atom stereocenters. The van der Waals surface area contributed by atoms with Crippen LogP contribution in [0.25, 0.3) is 0 Å². The van der Waals surface area contributed by atoms with Crippen molar-refractivity contribution in [1.29, 1.82) is 0 Å². The lowest BCUT2D eigenvalue weighted by Gasteiger charge is -2.32. The first-order chi connectivity index (χ1) is 8.20. The van der Waals surface area contributed by atoms with Crippen molar-refractivity contribution in [2.45, 2.75) is 44.8 Å². The predicted molar refractivity (Wildman–Crippen MR) is 66.9 cm³/mol. The summed E-state index contributed by atoms with van der Waals surface area (Å²) in [5, 5.41) is 3.29. The van der Waals surface area contributed by atoms with Crippen LogP contribution in [0.5, 0.6) is 5.75 Å². The Labute approximate surface area is 102 Å². The first-order valence-electron chi connectivity index (χ1n) is 6.31. The predicted octanol–water partition coefficient (Wildman–Crippen LogP) is 3.04. The normalized spacial score (nSPS) is 24.6. The standard InChI is InChI=1S/C14H20FNO/c1-10-7-8-11(15)9-14(10)17-13-6-4-3-5-12(13)16-2/h7-9,12-13,16H,3-6H2,1-2H3/t12-,13-/m1/s1. The minimum absolute atomic E-state index is 0.161. The number of halogens is 1. The van der Waals surface area contributed by atoms with Gasteiger partial charge in [-0.3, -0.25) is 0 Å². The third kappa shape index (κ3) is 2.97. The lowest BCUT2D eigenvalue weighted by atomic mass is 9.92. The number of likely N-dealkylation sites (N-methyl/N-ethyl adjacent to an activating group) is 1. The van der Waals surface area contributed by atoms with Crippen LogP contribution in [0.2, 0.25) is 0 Å². The smallest absolute Gasteiger partial charge is 0.126 e. The Hall–Kier alpha value is -1.09. The third-order valence-corrected chi connectivity index (χ3v) is 3.50. The fourth-order valence-electron chi connectivity index (χ4n) is 2.43. The summed E-state index contributed by atoms with van der Waals surface area (Å²) in [6, 6.07) is 5.10. The highest BCUT2D eigenvalue weighted by atomic mass is 19.1. The molecule has 1 fully saturated rings. The molecule has 3 heteroatoms. The molecule has 0 heterocycles. The number of hydrogen-bond donors (Lipinski definition) is 1. The zero-order chi connectivity index (χ0) is 12.3. The summed E-state index contributed by atoms with van der Waals surface area (Å²) in [7, 11) is 1.96. The molecule has 0 saturated heterocycles. The van der Waals surface area contributed by atoms with Crippen molar-refractivity contribution < 1.29 is 9.13 Å². The van der Waals surface area contributed by atoms with Crippen molar-refractivity contribution >= 4 is 0 Å². The number of rotatable bonds is 3. The first-order valence-corrected chi connectivity index (χ1v) is 6.31. The Bertz CT molecular complexity index is 380. The molecule has 94 valence electrons. The van der Waals surface area contributed by atoms with E-state index in [-0.39, 0.29) is 11.9 Å². The molecule has 1 N–H and O–H groups in total. The van der Waals surface area contributed by atoms with E-state index in [1.165, 1.54) is 25.0 Å². The van der Waals surface area contributed by atoms with Gasteiger partial charge in [-0.25, -0.2) is 4.39 Å². The molecule has 2 nitrogen and oxygen atoms in total. The van der Waals surface area contributed by atoms with Gasteiger partial charge in [0.05, 0.1) is 0 Å². The SMILES string of the molecule is CN[C@@H]1CCCC[C@H]1Oc1cc(F)ccc1C. The summed E-state index contributed by atoms with van der Waals surface area (Å²) >= 11 is 0. The third-order valence-electron chi connectivity index (χ3n) is 3.50. The van der Waals surface area contributed by atoms with E-state index in [0.717, 1.165) is 18.4 Å². The van der Waals surface area contributed by atoms with Crippen molar-refractivity contribution in [3.05, 3.63) is 29.6 Å². The van der Waals surface area contributed by atoms with E-state index >= 15 is 0 Å². The minimum Gasteiger partial charge on any atom is -0.488 e. The highest BCUT2D eigenvalue weighted by Gasteiger charge is 2.25. The van der Waals surface area contributed by atoms with Gasteiger partial charge in [0.25, 0.3) is 0 Å². The lowest BCUT2D eigenvalue weighted by Crippen LogP contribution is -2.43. The molecule has 17 heavy (non-hydrogen) atoms. The number of nitrogens with one attached hydrogen (secondary N) is 1. The molecule has 1 saturated carbocycles. The van der Waals surface area contributed by atoms with Crippen molar-refractivity contribution in [3.8, 4) is 5.75 Å². The van der Waals surface area contributed by atoms with Gasteiger partial charge in [-0.05, 0) is 44.9 Å². The summed E-state index contributed by atoms with van der Waals surface area (Å²) in [5.74, 6) is 0.444. The van der Waals surface area contributed by atoms with Gasteiger partial charge in [-0.2, -0.15) is 0 Å². The van der Waals surface area contributed by atoms with Crippen LogP contribution < -0.4 is 10.1 Å². The monoisotopic (exact) mass is 237 g/mol. The second-order valence-electron chi connectivity index (χ2n) is 4.75. The van der Waals surface area contributed by atoms with Crippen molar-refractivity contribution in [2.75, 3.05) is 7.05 Å². The largest absolute Gasteiger partial charge is 0.488 e. The summed E-state index contributed by atoms with van der Waals surface area (Å²) < 4.78 is 19.2. The van der Waals surface area contributed by atoms with Gasteiger partial charge >= 0.3 is 0 Å². The van der Waals surface area contributed by atoms with Gasteiger partial charge in [-0.1, -0.05) is 12.5 Å². The second-order valence-corrected chi connectivity index (χ2v) is 4.75. The zero-order valence-electron chi connectivity index (χ0n) is 10.5. The summed E-state index contributed by atoms with van der Waals surface area (Å²) in [4.78, 5) is 0. The van der Waals surface area contributed by atoms with Gasteiger partial charge in [0.15, 0.2) is 0 Å². The van der Waals surface area contributed by atoms with E-state index in [0.29, 0.717) is 11.8 Å².